The summed E-state index contributed by atoms with van der Waals surface area (Å²) >= 11 is 0. The molecule has 0 saturated heterocycles. The molecule has 0 bridgehead atoms. The van der Waals surface area contributed by atoms with Gasteiger partial charge in [-0.25, -0.2) is 0 Å². The lowest BCUT2D eigenvalue weighted by atomic mass is 9.68. The Hall–Kier alpha value is -3.07. The van der Waals surface area contributed by atoms with Crippen molar-refractivity contribution in [3.63, 3.8) is 0 Å². The molecule has 3 heteroatoms. The van der Waals surface area contributed by atoms with Crippen molar-refractivity contribution in [1.82, 2.24) is 4.98 Å². The Labute approximate surface area is 159 Å². The summed E-state index contributed by atoms with van der Waals surface area (Å²) in [4.78, 5) is 3.39. The third-order valence-electron chi connectivity index (χ3n) is 5.92. The van der Waals surface area contributed by atoms with Gasteiger partial charge in [0, 0.05) is 23.1 Å². The average Bonchev–Trinajstić information content (AvgIpc) is 3.49. The number of aromatic nitrogens is 1. The molecular formula is C24H22N2O. The van der Waals surface area contributed by atoms with Gasteiger partial charge in [-0.15, -0.1) is 0 Å². The fourth-order valence-electron chi connectivity index (χ4n) is 4.34. The molecule has 3 aromatic rings. The molecule has 0 unspecified atom stereocenters. The number of hydrogen-bond acceptors (Lipinski definition) is 2. The van der Waals surface area contributed by atoms with Crippen molar-refractivity contribution >= 4 is 11.8 Å². The quantitative estimate of drug-likeness (QED) is 0.379. The van der Waals surface area contributed by atoms with E-state index in [2.05, 4.69) is 89.2 Å². The predicted octanol–water partition coefficient (Wildman–Crippen LogP) is 5.16. The fourth-order valence-corrected chi connectivity index (χ4v) is 4.34. The number of allylic oxidation sites excluding steroid dienone is 1. The number of nitrogens with one attached hydrogen (secondary N) is 1. The Kier molecular flexibility index (Phi) is 3.75. The smallest absolute Gasteiger partial charge is 0.107 e. The zero-order valence-corrected chi connectivity index (χ0v) is 15.1. The molecule has 2 N–H and O–H groups in total. The highest BCUT2D eigenvalue weighted by Gasteiger charge is 2.37. The third kappa shape index (κ3) is 2.62. The molecule has 0 amide bonds. The Bertz CT molecular complexity index is 972. The van der Waals surface area contributed by atoms with Gasteiger partial charge in [0.1, 0.15) is 5.71 Å². The minimum atomic E-state index is -0.189. The Balaban J connectivity index is 1.63. The van der Waals surface area contributed by atoms with Gasteiger partial charge in [0.25, 0.3) is 0 Å². The lowest BCUT2D eigenvalue weighted by molar-refractivity contribution is 0.317. The highest BCUT2D eigenvalue weighted by atomic mass is 16.4. The maximum absolute atomic E-state index is 9.51. The number of benzene rings is 2. The van der Waals surface area contributed by atoms with Crippen LogP contribution in [0.4, 0.5) is 0 Å². The van der Waals surface area contributed by atoms with Crippen LogP contribution < -0.4 is 0 Å². The largest absolute Gasteiger partial charge is 0.411 e. The maximum atomic E-state index is 9.51. The van der Waals surface area contributed by atoms with E-state index in [9.17, 15) is 5.21 Å². The number of hydrogen-bond donors (Lipinski definition) is 2. The summed E-state index contributed by atoms with van der Waals surface area (Å²) in [6, 6.07) is 21.4. The molecule has 2 aliphatic rings. The summed E-state index contributed by atoms with van der Waals surface area (Å²) in [5, 5.41) is 13.1. The van der Waals surface area contributed by atoms with Crippen LogP contribution in [0, 0.1) is 5.92 Å². The van der Waals surface area contributed by atoms with E-state index in [0.717, 1.165) is 36.2 Å². The van der Waals surface area contributed by atoms with Gasteiger partial charge in [0.2, 0.25) is 0 Å². The van der Waals surface area contributed by atoms with E-state index in [-0.39, 0.29) is 5.41 Å². The maximum Gasteiger partial charge on any atom is 0.107 e. The van der Waals surface area contributed by atoms with Crippen LogP contribution in [0.15, 0.2) is 78.1 Å². The monoisotopic (exact) mass is 354 g/mol. The number of oxime groups is 1. The van der Waals surface area contributed by atoms with Gasteiger partial charge in [0.15, 0.2) is 0 Å². The van der Waals surface area contributed by atoms with Crippen LogP contribution in [-0.4, -0.2) is 15.9 Å². The first-order valence-corrected chi connectivity index (χ1v) is 9.55. The predicted molar refractivity (Wildman–Crippen MR) is 108 cm³/mol. The molecule has 2 aromatic carbocycles. The molecule has 1 heterocycles. The first-order valence-electron chi connectivity index (χ1n) is 9.55. The van der Waals surface area contributed by atoms with Crippen LogP contribution in [0.2, 0.25) is 0 Å². The summed E-state index contributed by atoms with van der Waals surface area (Å²) in [5.41, 5.74) is 6.59. The van der Waals surface area contributed by atoms with Crippen molar-refractivity contribution in [2.24, 2.45) is 11.1 Å². The molecule has 1 saturated carbocycles. The van der Waals surface area contributed by atoms with Gasteiger partial charge in [-0.05, 0) is 36.0 Å². The Morgan fingerprint density at radius 2 is 1.59 bits per heavy atom. The molecular weight excluding hydrogens is 332 g/mol. The molecule has 1 aromatic heterocycles. The molecule has 0 aliphatic heterocycles. The van der Waals surface area contributed by atoms with Gasteiger partial charge in [-0.1, -0.05) is 78.0 Å². The van der Waals surface area contributed by atoms with Gasteiger partial charge in [-0.2, -0.15) is 0 Å². The lowest BCUT2D eigenvalue weighted by Gasteiger charge is -2.35. The zero-order valence-electron chi connectivity index (χ0n) is 15.1. The van der Waals surface area contributed by atoms with Gasteiger partial charge in [-0.3, -0.25) is 0 Å². The summed E-state index contributed by atoms with van der Waals surface area (Å²) in [5.74, 6) is 0.390. The van der Waals surface area contributed by atoms with Crippen LogP contribution in [0.3, 0.4) is 0 Å². The molecule has 134 valence electrons. The Morgan fingerprint density at radius 1 is 0.963 bits per heavy atom. The summed E-state index contributed by atoms with van der Waals surface area (Å²) in [7, 11) is 0. The SMILES string of the molecule is ON=C(c1[nH]cc2c1C=CC(c1ccccc1)(c1ccccc1)C2)C1CC1. The first kappa shape index (κ1) is 16.1. The van der Waals surface area contributed by atoms with E-state index in [1.165, 1.54) is 16.7 Å². The van der Waals surface area contributed by atoms with E-state index in [1.807, 2.05) is 0 Å². The highest BCUT2D eigenvalue weighted by molar-refractivity contribution is 6.05. The van der Waals surface area contributed by atoms with Crippen molar-refractivity contribution in [2.75, 3.05) is 0 Å². The third-order valence-corrected chi connectivity index (χ3v) is 5.92. The molecule has 0 atom stereocenters. The molecule has 0 radical (unpaired) electrons. The minimum absolute atomic E-state index is 0.189. The van der Waals surface area contributed by atoms with E-state index in [4.69, 9.17) is 0 Å². The molecule has 0 spiro atoms. The van der Waals surface area contributed by atoms with E-state index < -0.39 is 0 Å². The van der Waals surface area contributed by atoms with Crippen molar-refractivity contribution in [1.29, 1.82) is 0 Å². The van der Waals surface area contributed by atoms with Crippen molar-refractivity contribution in [2.45, 2.75) is 24.7 Å². The number of nitrogens with zero attached hydrogens (tertiary/aromatic N) is 1. The summed E-state index contributed by atoms with van der Waals surface area (Å²) in [6.45, 7) is 0. The van der Waals surface area contributed by atoms with Crippen LogP contribution in [0.1, 0.15) is 40.8 Å². The van der Waals surface area contributed by atoms with E-state index in [1.54, 1.807) is 0 Å². The molecule has 1 fully saturated rings. The molecule has 3 nitrogen and oxygen atoms in total. The molecule has 27 heavy (non-hydrogen) atoms. The number of aromatic amines is 1. The number of fused-ring (bicyclic) bond motifs is 1. The number of H-pyrrole nitrogens is 1. The summed E-state index contributed by atoms with van der Waals surface area (Å²) in [6.07, 6.45) is 9.70. The van der Waals surface area contributed by atoms with E-state index >= 15 is 0 Å². The normalized spacial score (nSPS) is 18.3. The molecule has 5 rings (SSSR count). The first-order chi connectivity index (χ1) is 13.3. The zero-order chi connectivity index (χ0) is 18.3. The molecule has 2 aliphatic carbocycles. The van der Waals surface area contributed by atoms with Crippen LogP contribution in [0.25, 0.3) is 6.08 Å². The van der Waals surface area contributed by atoms with Crippen molar-refractivity contribution in [3.8, 4) is 0 Å². The summed E-state index contributed by atoms with van der Waals surface area (Å²) < 4.78 is 0. The fraction of sp³-hybridized carbons (Fsp3) is 0.208. The van der Waals surface area contributed by atoms with Gasteiger partial charge in [0.05, 0.1) is 5.69 Å². The van der Waals surface area contributed by atoms with Crippen LogP contribution in [0.5, 0.6) is 0 Å². The topological polar surface area (TPSA) is 48.4 Å². The van der Waals surface area contributed by atoms with E-state index in [0.29, 0.717) is 5.92 Å². The Morgan fingerprint density at radius 3 is 2.15 bits per heavy atom. The van der Waals surface area contributed by atoms with Gasteiger partial charge >= 0.3 is 0 Å². The second-order valence-corrected chi connectivity index (χ2v) is 7.58. The lowest BCUT2D eigenvalue weighted by Crippen LogP contribution is -2.30. The van der Waals surface area contributed by atoms with Gasteiger partial charge < -0.3 is 10.2 Å². The van der Waals surface area contributed by atoms with Crippen molar-refractivity contribution in [3.05, 3.63) is 101 Å². The minimum Gasteiger partial charge on any atom is -0.411 e. The standard InChI is InChI=1S/C24H22N2O/c27-26-22(17-11-12-17)23-21-13-14-24(15-18(21)16-25-23,19-7-3-1-4-8-19)20-9-5-2-6-10-20/h1-10,13-14,16-17,25,27H,11-12,15H2. The second-order valence-electron chi connectivity index (χ2n) is 7.58. The highest BCUT2D eigenvalue weighted by Crippen LogP contribution is 2.43. The second kappa shape index (κ2) is 6.27. The number of rotatable bonds is 4. The average molecular weight is 354 g/mol. The van der Waals surface area contributed by atoms with Crippen LogP contribution >= 0.6 is 0 Å². The van der Waals surface area contributed by atoms with Crippen molar-refractivity contribution < 1.29 is 5.21 Å². The van der Waals surface area contributed by atoms with Crippen LogP contribution in [-0.2, 0) is 11.8 Å².